The van der Waals surface area contributed by atoms with Crippen LogP contribution >= 0.6 is 0 Å². The van der Waals surface area contributed by atoms with Gasteiger partial charge in [-0.05, 0) is 6.92 Å². The molecule has 2 saturated heterocycles. The predicted octanol–water partition coefficient (Wildman–Crippen LogP) is -1.90. The molecule has 0 radical (unpaired) electrons. The van der Waals surface area contributed by atoms with Crippen molar-refractivity contribution in [3.05, 3.63) is 0 Å². The zero-order valence-electron chi connectivity index (χ0n) is 6.38. The van der Waals surface area contributed by atoms with Crippen LogP contribution in [-0.4, -0.2) is 45.7 Å². The minimum Gasteiger partial charge on any atom is -0.384 e. The van der Waals surface area contributed by atoms with Crippen LogP contribution in [0.15, 0.2) is 0 Å². The molecule has 0 unspecified atom stereocenters. The summed E-state index contributed by atoms with van der Waals surface area (Å²) < 4.78 is 4.78. The molecular formula is C6H10O6. The van der Waals surface area contributed by atoms with E-state index in [4.69, 9.17) is 9.84 Å². The Bertz CT molecular complexity index is 174. The molecule has 1 spiro atoms. The standard InChI is InChI=1S/C6H10O6/c1-2-3(7)6(11-12-6)4(8)5(9)10-2/h2-5,7-9H,1H3/t2-,3+,4+,5+/m0/s1. The summed E-state index contributed by atoms with van der Waals surface area (Å²) in [5.41, 5.74) is 0. The molecule has 0 saturated carbocycles. The molecular weight excluding hydrogens is 168 g/mol. The first kappa shape index (κ1) is 8.36. The Hall–Kier alpha value is -0.240. The summed E-state index contributed by atoms with van der Waals surface area (Å²) in [4.78, 5) is 8.92. The Balaban J connectivity index is 2.19. The molecule has 0 bridgehead atoms. The van der Waals surface area contributed by atoms with Crippen LogP contribution in [0.4, 0.5) is 0 Å². The Morgan fingerprint density at radius 1 is 1.08 bits per heavy atom. The number of hydrogen-bond acceptors (Lipinski definition) is 6. The van der Waals surface area contributed by atoms with Gasteiger partial charge in [0.25, 0.3) is 5.79 Å². The van der Waals surface area contributed by atoms with Gasteiger partial charge in [-0.15, -0.1) is 0 Å². The van der Waals surface area contributed by atoms with Gasteiger partial charge in [0.2, 0.25) is 0 Å². The zero-order chi connectivity index (χ0) is 8.93. The van der Waals surface area contributed by atoms with Gasteiger partial charge in [-0.1, -0.05) is 0 Å². The van der Waals surface area contributed by atoms with E-state index in [1.54, 1.807) is 6.92 Å². The van der Waals surface area contributed by atoms with Crippen LogP contribution in [0.1, 0.15) is 6.92 Å². The van der Waals surface area contributed by atoms with Crippen molar-refractivity contribution in [2.24, 2.45) is 0 Å². The average molecular weight is 178 g/mol. The van der Waals surface area contributed by atoms with Gasteiger partial charge in [0.05, 0.1) is 6.10 Å². The summed E-state index contributed by atoms with van der Waals surface area (Å²) in [7, 11) is 0. The van der Waals surface area contributed by atoms with E-state index in [2.05, 4.69) is 9.78 Å². The summed E-state index contributed by atoms with van der Waals surface area (Å²) in [6.07, 6.45) is -4.48. The van der Waals surface area contributed by atoms with E-state index in [-0.39, 0.29) is 0 Å². The molecule has 2 aliphatic rings. The maximum atomic E-state index is 9.41. The SMILES string of the molecule is C[C@@H]1O[C@@H](O)[C@@H](O)C2(OO2)[C@@H]1O. The highest BCUT2D eigenvalue weighted by Gasteiger charge is 2.68. The summed E-state index contributed by atoms with van der Waals surface area (Å²) in [5.74, 6) is -1.48. The Kier molecular flexibility index (Phi) is 1.66. The van der Waals surface area contributed by atoms with Crippen molar-refractivity contribution in [2.45, 2.75) is 37.3 Å². The minimum absolute atomic E-state index is 0.633. The van der Waals surface area contributed by atoms with Crippen LogP contribution in [0.2, 0.25) is 0 Å². The number of aliphatic hydroxyl groups excluding tert-OH is 3. The fourth-order valence-electron chi connectivity index (χ4n) is 1.31. The first-order chi connectivity index (χ1) is 5.58. The number of hydrogen-bond donors (Lipinski definition) is 3. The lowest BCUT2D eigenvalue weighted by atomic mass is 9.97. The van der Waals surface area contributed by atoms with Crippen molar-refractivity contribution in [3.63, 3.8) is 0 Å². The van der Waals surface area contributed by atoms with Gasteiger partial charge in [-0.3, -0.25) is 0 Å². The normalized spacial score (nSPS) is 51.0. The Morgan fingerprint density at radius 2 is 1.67 bits per heavy atom. The van der Waals surface area contributed by atoms with Gasteiger partial charge in [0, 0.05) is 0 Å². The van der Waals surface area contributed by atoms with E-state index in [9.17, 15) is 10.2 Å². The van der Waals surface area contributed by atoms with E-state index in [0.29, 0.717) is 0 Å². The van der Waals surface area contributed by atoms with Gasteiger partial charge in [-0.25, -0.2) is 0 Å². The molecule has 6 nitrogen and oxygen atoms in total. The molecule has 2 aliphatic heterocycles. The van der Waals surface area contributed by atoms with Crippen molar-refractivity contribution < 1.29 is 29.8 Å². The first-order valence-electron chi connectivity index (χ1n) is 3.64. The third kappa shape index (κ3) is 0.905. The van der Waals surface area contributed by atoms with E-state index in [1.165, 1.54) is 0 Å². The molecule has 2 fully saturated rings. The molecule has 12 heavy (non-hydrogen) atoms. The van der Waals surface area contributed by atoms with Crippen molar-refractivity contribution in [2.75, 3.05) is 0 Å². The molecule has 3 N–H and O–H groups in total. The van der Waals surface area contributed by atoms with E-state index < -0.39 is 30.4 Å². The van der Waals surface area contributed by atoms with Gasteiger partial charge in [0.1, 0.15) is 6.10 Å². The van der Waals surface area contributed by atoms with Gasteiger partial charge in [0.15, 0.2) is 12.4 Å². The Labute approximate surface area is 68.2 Å². The van der Waals surface area contributed by atoms with E-state index >= 15 is 0 Å². The highest BCUT2D eigenvalue weighted by molar-refractivity contribution is 4.98. The lowest BCUT2D eigenvalue weighted by Crippen LogP contribution is -2.59. The third-order valence-electron chi connectivity index (χ3n) is 2.17. The second kappa shape index (κ2) is 2.38. The molecule has 0 aliphatic carbocycles. The first-order valence-corrected chi connectivity index (χ1v) is 3.64. The van der Waals surface area contributed by atoms with Crippen LogP contribution in [0.3, 0.4) is 0 Å². The topological polar surface area (TPSA) is 95.0 Å². The van der Waals surface area contributed by atoms with Crippen LogP contribution < -0.4 is 0 Å². The molecule has 6 heteroatoms. The molecule has 2 heterocycles. The highest BCUT2D eigenvalue weighted by Crippen LogP contribution is 2.43. The zero-order valence-corrected chi connectivity index (χ0v) is 6.38. The van der Waals surface area contributed by atoms with E-state index in [0.717, 1.165) is 0 Å². The number of ether oxygens (including phenoxy) is 1. The molecule has 0 aromatic carbocycles. The largest absolute Gasteiger partial charge is 0.384 e. The van der Waals surface area contributed by atoms with Crippen molar-refractivity contribution in [1.82, 2.24) is 0 Å². The summed E-state index contributed by atoms with van der Waals surface area (Å²) in [5, 5.41) is 27.8. The van der Waals surface area contributed by atoms with Crippen LogP contribution in [0, 0.1) is 0 Å². The maximum Gasteiger partial charge on any atom is 0.292 e. The van der Waals surface area contributed by atoms with Gasteiger partial charge in [-0.2, -0.15) is 9.78 Å². The number of aliphatic hydroxyl groups is 3. The van der Waals surface area contributed by atoms with Gasteiger partial charge >= 0.3 is 0 Å². The molecule has 70 valence electrons. The fraction of sp³-hybridized carbons (Fsp3) is 1.00. The smallest absolute Gasteiger partial charge is 0.292 e. The van der Waals surface area contributed by atoms with Crippen LogP contribution in [-0.2, 0) is 14.5 Å². The summed E-state index contributed by atoms with van der Waals surface area (Å²) in [6.45, 7) is 1.55. The van der Waals surface area contributed by atoms with Crippen molar-refractivity contribution >= 4 is 0 Å². The summed E-state index contributed by atoms with van der Waals surface area (Å²) >= 11 is 0. The maximum absolute atomic E-state index is 9.41. The lowest BCUT2D eigenvalue weighted by Gasteiger charge is -2.34. The quantitative estimate of drug-likeness (QED) is 0.296. The predicted molar refractivity (Wildman–Crippen MR) is 33.5 cm³/mol. The lowest BCUT2D eigenvalue weighted by molar-refractivity contribution is -0.273. The fourth-order valence-corrected chi connectivity index (χ4v) is 1.31. The second-order valence-electron chi connectivity index (χ2n) is 3.01. The molecule has 0 amide bonds. The minimum atomic E-state index is -1.48. The Morgan fingerprint density at radius 3 is 2.17 bits per heavy atom. The van der Waals surface area contributed by atoms with Crippen molar-refractivity contribution in [1.29, 1.82) is 0 Å². The molecule has 0 aromatic rings. The van der Waals surface area contributed by atoms with Crippen LogP contribution in [0.25, 0.3) is 0 Å². The van der Waals surface area contributed by atoms with E-state index in [1.807, 2.05) is 0 Å². The monoisotopic (exact) mass is 178 g/mol. The third-order valence-corrected chi connectivity index (χ3v) is 2.17. The second-order valence-corrected chi connectivity index (χ2v) is 3.01. The van der Waals surface area contributed by atoms with Crippen LogP contribution in [0.5, 0.6) is 0 Å². The van der Waals surface area contributed by atoms with Crippen molar-refractivity contribution in [3.8, 4) is 0 Å². The number of rotatable bonds is 0. The summed E-state index contributed by atoms with van der Waals surface area (Å²) in [6, 6.07) is 0. The highest BCUT2D eigenvalue weighted by atomic mass is 17.4. The average Bonchev–Trinajstić information content (AvgIpc) is 2.79. The molecule has 4 atom stereocenters. The van der Waals surface area contributed by atoms with Gasteiger partial charge < -0.3 is 20.1 Å². The molecule has 2 rings (SSSR count). The molecule has 0 aromatic heterocycles.